The number of hydrogen-bond acceptors (Lipinski definition) is 4. The van der Waals surface area contributed by atoms with E-state index in [1.54, 1.807) is 0 Å². The number of unbranched alkanes of at least 4 members (excludes halogenated alkanes) is 11. The second kappa shape index (κ2) is 21.5. The number of aliphatic hydroxyl groups is 2. The summed E-state index contributed by atoms with van der Waals surface area (Å²) < 4.78 is 0. The number of carbonyl (C=O) groups is 1. The summed E-state index contributed by atoms with van der Waals surface area (Å²) in [5.74, 6) is -0.213. The van der Waals surface area contributed by atoms with Gasteiger partial charge in [0.2, 0.25) is 0 Å². The number of ketones is 1. The fourth-order valence-electron chi connectivity index (χ4n) is 3.43. The Balaban J connectivity index is 3.43. The summed E-state index contributed by atoms with van der Waals surface area (Å²) in [4.78, 5) is 11.8. The van der Waals surface area contributed by atoms with Crippen LogP contribution in [0.5, 0.6) is 0 Å². The van der Waals surface area contributed by atoms with Gasteiger partial charge >= 0.3 is 0 Å². The fourth-order valence-corrected chi connectivity index (χ4v) is 3.43. The van der Waals surface area contributed by atoms with Crippen molar-refractivity contribution in [2.24, 2.45) is 5.92 Å². The molecule has 2 atom stereocenters. The van der Waals surface area contributed by atoms with Crippen LogP contribution < -0.4 is 0 Å². The number of rotatable bonds is 21. The van der Waals surface area contributed by atoms with Crippen molar-refractivity contribution in [3.05, 3.63) is 12.2 Å². The fraction of sp³-hybridized carbons (Fsp3) is 0.840. The highest BCUT2D eigenvalue weighted by molar-refractivity contribution is 5.78. The van der Waals surface area contributed by atoms with Crippen molar-refractivity contribution >= 4 is 5.78 Å². The van der Waals surface area contributed by atoms with Gasteiger partial charge in [0, 0.05) is 12.8 Å². The van der Waals surface area contributed by atoms with Gasteiger partial charge in [0.25, 0.3) is 0 Å². The van der Waals surface area contributed by atoms with Crippen molar-refractivity contribution in [3.8, 4) is 6.07 Å². The third kappa shape index (κ3) is 19.9. The SMILES string of the molecule is CCCCCCCCC/C=C/[C@@H](O)CCCCCCCC(=O)CC[C@@H](C#N)CO. The summed E-state index contributed by atoms with van der Waals surface area (Å²) in [5.41, 5.74) is 0. The van der Waals surface area contributed by atoms with Crippen LogP contribution in [0.3, 0.4) is 0 Å². The molecule has 0 saturated carbocycles. The van der Waals surface area contributed by atoms with Crippen LogP contribution in [0.1, 0.15) is 116 Å². The van der Waals surface area contributed by atoms with Gasteiger partial charge in [-0.3, -0.25) is 4.79 Å². The molecule has 0 spiro atoms. The molecular weight excluding hydrogens is 362 g/mol. The summed E-state index contributed by atoms with van der Waals surface area (Å²) in [6, 6.07) is 2.01. The standard InChI is InChI=1S/C25H45NO3/c1-2-3-4-5-6-7-8-10-13-16-24(28)17-14-11-9-12-15-18-25(29)20-19-23(21-26)22-27/h13,16,23-24,27-28H,2-12,14-15,17-20,22H2,1H3/b16-13+/t23-,24+/m0/s1. The molecule has 0 bridgehead atoms. The summed E-state index contributed by atoms with van der Waals surface area (Å²) in [6.07, 6.45) is 21.5. The second-order valence-corrected chi connectivity index (χ2v) is 8.30. The predicted octanol–water partition coefficient (Wildman–Crippen LogP) is 6.26. The van der Waals surface area contributed by atoms with Crippen molar-refractivity contribution in [1.82, 2.24) is 0 Å². The molecule has 2 N–H and O–H groups in total. The highest BCUT2D eigenvalue weighted by atomic mass is 16.3. The zero-order chi connectivity index (χ0) is 21.6. The van der Waals surface area contributed by atoms with E-state index in [0.29, 0.717) is 19.3 Å². The Morgan fingerprint density at radius 2 is 1.52 bits per heavy atom. The molecule has 0 heterocycles. The maximum atomic E-state index is 11.8. The normalized spacial score (nSPS) is 13.4. The number of aliphatic hydroxyl groups excluding tert-OH is 2. The maximum Gasteiger partial charge on any atom is 0.132 e. The van der Waals surface area contributed by atoms with Gasteiger partial charge in [-0.05, 0) is 32.1 Å². The second-order valence-electron chi connectivity index (χ2n) is 8.30. The Kier molecular flexibility index (Phi) is 20.7. The van der Waals surface area contributed by atoms with Crippen LogP contribution in [0.2, 0.25) is 0 Å². The van der Waals surface area contributed by atoms with Gasteiger partial charge in [-0.15, -0.1) is 0 Å². The number of Topliss-reactive ketones (excluding diaryl/α,β-unsaturated/α-hetero) is 1. The van der Waals surface area contributed by atoms with E-state index in [1.807, 2.05) is 12.1 Å². The summed E-state index contributed by atoms with van der Waals surface area (Å²) in [7, 11) is 0. The minimum absolute atomic E-state index is 0.163. The van der Waals surface area contributed by atoms with E-state index in [9.17, 15) is 9.90 Å². The number of allylic oxidation sites excluding steroid dienone is 1. The van der Waals surface area contributed by atoms with E-state index in [-0.39, 0.29) is 18.5 Å². The number of nitrogens with zero attached hydrogens (tertiary/aromatic N) is 1. The van der Waals surface area contributed by atoms with Crippen molar-refractivity contribution in [2.45, 2.75) is 122 Å². The predicted molar refractivity (Wildman–Crippen MR) is 121 cm³/mol. The molecule has 0 unspecified atom stereocenters. The van der Waals surface area contributed by atoms with Crippen LogP contribution >= 0.6 is 0 Å². The summed E-state index contributed by atoms with van der Waals surface area (Å²) >= 11 is 0. The smallest absolute Gasteiger partial charge is 0.132 e. The van der Waals surface area contributed by atoms with Crippen molar-refractivity contribution in [3.63, 3.8) is 0 Å². The first-order valence-electron chi connectivity index (χ1n) is 12.0. The van der Waals surface area contributed by atoms with Gasteiger partial charge < -0.3 is 10.2 Å². The Bertz CT molecular complexity index is 442. The van der Waals surface area contributed by atoms with E-state index in [4.69, 9.17) is 10.4 Å². The minimum atomic E-state index is -0.407. The minimum Gasteiger partial charge on any atom is -0.395 e. The molecule has 29 heavy (non-hydrogen) atoms. The quantitative estimate of drug-likeness (QED) is 0.174. The van der Waals surface area contributed by atoms with Gasteiger partial charge in [0.05, 0.1) is 24.7 Å². The van der Waals surface area contributed by atoms with Crippen LogP contribution in [0.15, 0.2) is 12.2 Å². The van der Waals surface area contributed by atoms with Gasteiger partial charge in [-0.2, -0.15) is 5.26 Å². The van der Waals surface area contributed by atoms with Gasteiger partial charge in [-0.25, -0.2) is 0 Å². The molecule has 0 aliphatic heterocycles. The molecule has 0 aliphatic carbocycles. The zero-order valence-electron chi connectivity index (χ0n) is 18.8. The van der Waals surface area contributed by atoms with Gasteiger partial charge in [-0.1, -0.05) is 83.3 Å². The number of nitriles is 1. The zero-order valence-corrected chi connectivity index (χ0v) is 18.8. The Morgan fingerprint density at radius 1 is 0.897 bits per heavy atom. The molecule has 4 heteroatoms. The molecule has 0 aromatic rings. The van der Waals surface area contributed by atoms with E-state index in [0.717, 1.165) is 44.9 Å². The Labute approximate surface area is 179 Å². The average molecular weight is 408 g/mol. The summed E-state index contributed by atoms with van der Waals surface area (Å²) in [6.45, 7) is 2.08. The monoisotopic (exact) mass is 407 g/mol. The first-order valence-corrected chi connectivity index (χ1v) is 12.0. The first-order chi connectivity index (χ1) is 14.1. The van der Waals surface area contributed by atoms with Crippen LogP contribution in [0, 0.1) is 17.2 Å². The van der Waals surface area contributed by atoms with Gasteiger partial charge in [0.15, 0.2) is 0 Å². The third-order valence-corrected chi connectivity index (χ3v) is 5.46. The Morgan fingerprint density at radius 3 is 2.17 bits per heavy atom. The number of carbonyl (C=O) groups excluding carboxylic acids is 1. The van der Waals surface area contributed by atoms with Crippen LogP contribution in [0.25, 0.3) is 0 Å². The van der Waals surface area contributed by atoms with Crippen LogP contribution in [-0.2, 0) is 4.79 Å². The van der Waals surface area contributed by atoms with Crippen LogP contribution in [0.4, 0.5) is 0 Å². The topological polar surface area (TPSA) is 81.3 Å². The van der Waals surface area contributed by atoms with Crippen LogP contribution in [-0.4, -0.2) is 28.7 Å². The Hall–Kier alpha value is -1.18. The lowest BCUT2D eigenvalue weighted by molar-refractivity contribution is -0.119. The van der Waals surface area contributed by atoms with Crippen molar-refractivity contribution < 1.29 is 15.0 Å². The lowest BCUT2D eigenvalue weighted by atomic mass is 10.0. The van der Waals surface area contributed by atoms with E-state index < -0.39 is 5.92 Å². The highest BCUT2D eigenvalue weighted by Crippen LogP contribution is 2.13. The molecule has 0 fully saturated rings. The highest BCUT2D eigenvalue weighted by Gasteiger charge is 2.09. The maximum absolute atomic E-state index is 11.8. The first kappa shape index (κ1) is 27.8. The van der Waals surface area contributed by atoms with Crippen molar-refractivity contribution in [1.29, 1.82) is 5.26 Å². The largest absolute Gasteiger partial charge is 0.395 e. The van der Waals surface area contributed by atoms with E-state index in [1.165, 1.54) is 44.9 Å². The van der Waals surface area contributed by atoms with Gasteiger partial charge in [0.1, 0.15) is 5.78 Å². The molecule has 0 aromatic carbocycles. The molecule has 4 nitrogen and oxygen atoms in total. The average Bonchev–Trinajstić information content (AvgIpc) is 2.72. The molecule has 0 aromatic heterocycles. The molecule has 168 valence electrons. The number of hydrogen-bond donors (Lipinski definition) is 2. The van der Waals surface area contributed by atoms with E-state index >= 15 is 0 Å². The molecule has 0 rings (SSSR count). The van der Waals surface area contributed by atoms with E-state index in [2.05, 4.69) is 13.0 Å². The molecule has 0 aliphatic rings. The lowest BCUT2D eigenvalue weighted by Crippen LogP contribution is -2.07. The molecular formula is C25H45NO3. The lowest BCUT2D eigenvalue weighted by Gasteiger charge is -2.06. The molecule has 0 amide bonds. The third-order valence-electron chi connectivity index (χ3n) is 5.46. The summed E-state index contributed by atoms with van der Waals surface area (Å²) in [5, 5.41) is 27.7. The molecule has 0 saturated heterocycles. The van der Waals surface area contributed by atoms with Crippen molar-refractivity contribution in [2.75, 3.05) is 6.61 Å². The molecule has 0 radical (unpaired) electrons.